The lowest BCUT2D eigenvalue weighted by Gasteiger charge is -2.41. The summed E-state index contributed by atoms with van der Waals surface area (Å²) in [4.78, 5) is 71.3. The van der Waals surface area contributed by atoms with Gasteiger partial charge in [0.2, 0.25) is 23.6 Å². The number of nitrogens with zero attached hydrogens (tertiary/aromatic N) is 3. The molecule has 8 unspecified atom stereocenters. The molecule has 2 aliphatic heterocycles. The van der Waals surface area contributed by atoms with E-state index in [0.29, 0.717) is 24.9 Å². The molecule has 1 aliphatic carbocycles. The summed E-state index contributed by atoms with van der Waals surface area (Å²) in [5, 5.41) is 5.87. The molecule has 3 N–H and O–H groups in total. The maximum absolute atomic E-state index is 14.3. The van der Waals surface area contributed by atoms with Crippen molar-refractivity contribution in [1.82, 2.24) is 25.3 Å². The number of methoxy groups -OCH3 is 2. The third-order valence-corrected chi connectivity index (χ3v) is 13.4. The maximum Gasteiger partial charge on any atom is 0.531 e. The molecule has 0 spiro atoms. The number of fused-ring (bicyclic) bond motifs is 2. The Kier molecular flexibility index (Phi) is 16.0. The molecule has 0 aromatic heterocycles. The molecule has 54 heavy (non-hydrogen) atoms. The lowest BCUT2D eigenvalue weighted by Crippen LogP contribution is -2.60. The first-order valence-corrected chi connectivity index (χ1v) is 21.1. The van der Waals surface area contributed by atoms with Gasteiger partial charge in [-0.25, -0.2) is 0 Å². The highest BCUT2D eigenvalue weighted by molar-refractivity contribution is 7.38. The molecule has 4 rings (SSSR count). The molecule has 302 valence electrons. The van der Waals surface area contributed by atoms with Gasteiger partial charge in [0.05, 0.1) is 42.7 Å². The SMILES string of the molecule is CCC(C)C(C(CC(=O)N1CCC[C@H]1C(OC)C(C)C(=O)NC(Cc1ccccc1)[P+](=O)O)OC)N(C)C(=O)C(NC(=O)[C@@H]1[C@H]2CC[C@H](C2)N1C)C(C)C. The fourth-order valence-electron chi connectivity index (χ4n) is 9.20. The normalized spacial score (nSPS) is 25.4. The van der Waals surface area contributed by atoms with E-state index in [9.17, 15) is 28.6 Å². The first kappa shape index (κ1) is 43.8. The van der Waals surface area contributed by atoms with E-state index in [-0.39, 0.29) is 48.4 Å². The number of rotatable bonds is 19. The van der Waals surface area contributed by atoms with E-state index in [1.54, 1.807) is 30.9 Å². The van der Waals surface area contributed by atoms with Gasteiger partial charge in [0.25, 0.3) is 5.78 Å². The summed E-state index contributed by atoms with van der Waals surface area (Å²) >= 11 is 0. The van der Waals surface area contributed by atoms with E-state index in [2.05, 4.69) is 15.5 Å². The monoisotopic (exact) mass is 774 g/mol. The molecule has 2 saturated heterocycles. The molecule has 13 nitrogen and oxygen atoms in total. The summed E-state index contributed by atoms with van der Waals surface area (Å²) in [7, 11) is 4.11. The molecular weight excluding hydrogens is 709 g/mol. The van der Waals surface area contributed by atoms with Gasteiger partial charge in [0.1, 0.15) is 6.04 Å². The first-order valence-electron chi connectivity index (χ1n) is 19.8. The zero-order valence-electron chi connectivity index (χ0n) is 33.8. The largest absolute Gasteiger partial charge is 0.531 e. The quantitative estimate of drug-likeness (QED) is 0.177. The van der Waals surface area contributed by atoms with E-state index in [1.165, 1.54) is 7.11 Å². The van der Waals surface area contributed by atoms with Crippen LogP contribution < -0.4 is 10.6 Å². The van der Waals surface area contributed by atoms with Gasteiger partial charge in [-0.3, -0.25) is 24.1 Å². The van der Waals surface area contributed by atoms with Crippen LogP contribution >= 0.6 is 8.03 Å². The van der Waals surface area contributed by atoms with Crippen LogP contribution in [0.1, 0.15) is 85.1 Å². The van der Waals surface area contributed by atoms with Gasteiger partial charge in [-0.05, 0) is 67.0 Å². The number of benzene rings is 1. The maximum atomic E-state index is 14.3. The Morgan fingerprint density at radius 3 is 2.26 bits per heavy atom. The predicted molar refractivity (Wildman–Crippen MR) is 207 cm³/mol. The van der Waals surface area contributed by atoms with E-state index in [1.807, 2.05) is 65.1 Å². The third kappa shape index (κ3) is 10.1. The van der Waals surface area contributed by atoms with E-state index in [0.717, 1.165) is 37.7 Å². The van der Waals surface area contributed by atoms with E-state index >= 15 is 0 Å². The van der Waals surface area contributed by atoms with Crippen LogP contribution in [0.15, 0.2) is 30.3 Å². The first-order chi connectivity index (χ1) is 25.6. The van der Waals surface area contributed by atoms with Gasteiger partial charge >= 0.3 is 8.03 Å². The van der Waals surface area contributed by atoms with Crippen molar-refractivity contribution in [2.24, 2.45) is 23.7 Å². The zero-order chi connectivity index (χ0) is 39.9. The summed E-state index contributed by atoms with van der Waals surface area (Å²) < 4.78 is 24.2. The molecule has 4 amide bonds. The van der Waals surface area contributed by atoms with Crippen molar-refractivity contribution in [3.63, 3.8) is 0 Å². The van der Waals surface area contributed by atoms with Gasteiger partial charge in [0, 0.05) is 40.3 Å². The fraction of sp³-hybridized carbons (Fsp3) is 0.750. The number of likely N-dealkylation sites (tertiary alicyclic amines) is 2. The molecule has 2 heterocycles. The van der Waals surface area contributed by atoms with Crippen LogP contribution in [0.4, 0.5) is 0 Å². The predicted octanol–water partition coefficient (Wildman–Crippen LogP) is 3.95. The van der Waals surface area contributed by atoms with Crippen molar-refractivity contribution in [1.29, 1.82) is 0 Å². The smallest absolute Gasteiger partial charge is 0.379 e. The molecule has 12 atom stereocenters. The Balaban J connectivity index is 1.46. The number of amides is 4. The second-order valence-corrected chi connectivity index (χ2v) is 17.4. The van der Waals surface area contributed by atoms with Crippen molar-refractivity contribution in [3.8, 4) is 0 Å². The van der Waals surface area contributed by atoms with Crippen LogP contribution in [0.3, 0.4) is 0 Å². The van der Waals surface area contributed by atoms with E-state index in [4.69, 9.17) is 9.47 Å². The van der Waals surface area contributed by atoms with Crippen LogP contribution in [0, 0.1) is 23.7 Å². The Hall–Kier alpha value is -2.96. The van der Waals surface area contributed by atoms with Crippen molar-refractivity contribution >= 4 is 31.7 Å². The number of ether oxygens (including phenoxy) is 2. The van der Waals surface area contributed by atoms with Gasteiger partial charge in [-0.1, -0.05) is 71.4 Å². The summed E-state index contributed by atoms with van der Waals surface area (Å²) in [6, 6.07) is 7.82. The highest BCUT2D eigenvalue weighted by Crippen LogP contribution is 2.41. The molecule has 0 radical (unpaired) electrons. The second kappa shape index (κ2) is 19.8. The van der Waals surface area contributed by atoms with Crippen LogP contribution in [-0.2, 0) is 39.6 Å². The Morgan fingerprint density at radius 1 is 1.02 bits per heavy atom. The minimum Gasteiger partial charge on any atom is -0.379 e. The van der Waals surface area contributed by atoms with Crippen molar-refractivity contribution in [2.75, 3.05) is 34.9 Å². The minimum absolute atomic E-state index is 0.00934. The van der Waals surface area contributed by atoms with E-state index < -0.39 is 56.0 Å². The number of carbonyl (C=O) groups excluding carboxylic acids is 4. The average molecular weight is 775 g/mol. The Bertz CT molecular complexity index is 1450. The summed E-state index contributed by atoms with van der Waals surface area (Å²) in [5.41, 5.74) is 0.826. The molecule has 1 aromatic rings. The molecule has 14 heteroatoms. The molecular formula is C40H65N5O8P+. The number of nitrogens with one attached hydrogen (secondary N) is 2. The van der Waals surface area contributed by atoms with Crippen molar-refractivity contribution < 1.29 is 38.1 Å². The molecule has 3 fully saturated rings. The van der Waals surface area contributed by atoms with Gasteiger partial charge < -0.3 is 29.9 Å². The van der Waals surface area contributed by atoms with Gasteiger partial charge in [0.15, 0.2) is 0 Å². The third-order valence-electron chi connectivity index (χ3n) is 12.5. The lowest BCUT2D eigenvalue weighted by atomic mass is 9.89. The minimum atomic E-state index is -2.70. The topological polar surface area (TPSA) is 158 Å². The number of hydrogen-bond donors (Lipinski definition) is 3. The summed E-state index contributed by atoms with van der Waals surface area (Å²) in [6.45, 7) is 10.2. The number of likely N-dealkylation sites (N-methyl/N-ethyl adjacent to an activating group) is 2. The molecule has 3 aliphatic rings. The summed E-state index contributed by atoms with van der Waals surface area (Å²) in [6.07, 6.45) is 4.16. The molecule has 1 aromatic carbocycles. The lowest BCUT2D eigenvalue weighted by molar-refractivity contribution is -0.148. The number of piperidine rings is 1. The van der Waals surface area contributed by atoms with Gasteiger partial charge in [-0.15, -0.1) is 0 Å². The average Bonchev–Trinajstić information content (AvgIpc) is 3.90. The van der Waals surface area contributed by atoms with Crippen molar-refractivity contribution in [3.05, 3.63) is 35.9 Å². The highest BCUT2D eigenvalue weighted by atomic mass is 31.1. The van der Waals surface area contributed by atoms with Crippen LogP contribution in [0.2, 0.25) is 0 Å². The van der Waals surface area contributed by atoms with Gasteiger partial charge in [-0.2, -0.15) is 4.89 Å². The molecule has 1 saturated carbocycles. The highest BCUT2D eigenvalue weighted by Gasteiger charge is 2.49. The standard InChI is InChI=1S/C40H64N5O8P/c1-10-25(4)35(44(7)40(49)34(24(2)3)42-39(48)36-28-18-19-29(22-28)43(36)6)31(52-8)23-33(46)45-20-14-17-30(45)37(53-9)26(5)38(47)41-32(54(50)51)21-27-15-12-11-13-16-27/h11-13,15-16,24-26,28-32,34-37H,10,14,17-23H2,1-9H3,(H2-,41,42,47,48,50,51)/p+1/t25?,26?,28-,29+,30-,31?,32?,34?,35?,36-,37?/m0/s1. The molecule has 2 bridgehead atoms. The Morgan fingerprint density at radius 2 is 1.70 bits per heavy atom. The number of carbonyl (C=O) groups is 4. The fourth-order valence-corrected chi connectivity index (χ4v) is 9.81. The van der Waals surface area contributed by atoms with Crippen molar-refractivity contribution in [2.45, 2.75) is 134 Å². The Labute approximate surface area is 323 Å². The van der Waals surface area contributed by atoms with Crippen LogP contribution in [-0.4, -0.2) is 126 Å². The van der Waals surface area contributed by atoms with Crippen LogP contribution in [0.5, 0.6) is 0 Å². The zero-order valence-corrected chi connectivity index (χ0v) is 34.7. The second-order valence-electron chi connectivity index (χ2n) is 16.2. The summed E-state index contributed by atoms with van der Waals surface area (Å²) in [5.74, 6) is -2.47. The number of hydrogen-bond acceptors (Lipinski definition) is 8. The van der Waals surface area contributed by atoms with Crippen LogP contribution in [0.25, 0.3) is 0 Å².